The van der Waals surface area contributed by atoms with Crippen LogP contribution in [0.2, 0.25) is 0 Å². The maximum atomic E-state index is 11.2. The van der Waals surface area contributed by atoms with Gasteiger partial charge in [0.15, 0.2) is 6.10 Å². The summed E-state index contributed by atoms with van der Waals surface area (Å²) in [5.41, 5.74) is 2.11. The number of nitrogens with zero attached hydrogens (tertiary/aromatic N) is 1. The molecule has 2 atom stereocenters. The maximum Gasteiger partial charge on any atom is 0.258 e. The first-order valence-electron chi connectivity index (χ1n) is 4.56. The fourth-order valence-corrected chi connectivity index (χ4v) is 2.07. The van der Waals surface area contributed by atoms with Gasteiger partial charge in [0.25, 0.3) is 5.91 Å². The Bertz CT molecular complexity index is 439. The van der Waals surface area contributed by atoms with Crippen LogP contribution in [0.5, 0.6) is 0 Å². The molecule has 0 aliphatic carbocycles. The van der Waals surface area contributed by atoms with Gasteiger partial charge in [-0.3, -0.25) is 4.79 Å². The van der Waals surface area contributed by atoms with Crippen molar-refractivity contribution in [2.24, 2.45) is 0 Å². The molecule has 1 saturated heterocycles. The van der Waals surface area contributed by atoms with Gasteiger partial charge in [-0.1, -0.05) is 24.3 Å². The molecule has 70 valence electrons. The summed E-state index contributed by atoms with van der Waals surface area (Å²) < 4.78 is 0. The zero-order valence-electron chi connectivity index (χ0n) is 7.42. The van der Waals surface area contributed by atoms with E-state index in [-0.39, 0.29) is 11.9 Å². The lowest BCUT2D eigenvalue weighted by Gasteiger charge is -2.45. The van der Waals surface area contributed by atoms with E-state index in [2.05, 4.69) is 0 Å². The minimum absolute atomic E-state index is 0.163. The van der Waals surface area contributed by atoms with Crippen LogP contribution in [0.15, 0.2) is 30.5 Å². The van der Waals surface area contributed by atoms with Crippen molar-refractivity contribution in [1.29, 1.82) is 0 Å². The molecule has 3 rings (SSSR count). The lowest BCUT2D eigenvalue weighted by atomic mass is 9.86. The Morgan fingerprint density at radius 1 is 1.29 bits per heavy atom. The van der Waals surface area contributed by atoms with E-state index < -0.39 is 6.10 Å². The smallest absolute Gasteiger partial charge is 0.258 e. The zero-order chi connectivity index (χ0) is 9.71. The molecule has 0 aromatic heterocycles. The third-order valence-corrected chi connectivity index (χ3v) is 2.84. The van der Waals surface area contributed by atoms with Crippen molar-refractivity contribution in [2.75, 3.05) is 0 Å². The molecule has 2 heterocycles. The molecule has 1 N–H and O–H groups in total. The van der Waals surface area contributed by atoms with Crippen LogP contribution in [-0.4, -0.2) is 22.0 Å². The Morgan fingerprint density at radius 3 is 2.93 bits per heavy atom. The molecule has 3 heteroatoms. The van der Waals surface area contributed by atoms with Crippen LogP contribution in [0, 0.1) is 0 Å². The Labute approximate surface area is 81.3 Å². The summed E-state index contributed by atoms with van der Waals surface area (Å²) in [6.07, 6.45) is 2.78. The number of hydrogen-bond acceptors (Lipinski definition) is 2. The molecule has 14 heavy (non-hydrogen) atoms. The van der Waals surface area contributed by atoms with Gasteiger partial charge in [0.2, 0.25) is 0 Å². The van der Waals surface area contributed by atoms with Gasteiger partial charge in [0.05, 0.1) is 6.04 Å². The molecule has 1 amide bonds. The first-order chi connectivity index (χ1) is 6.79. The number of hydrogen-bond donors (Lipinski definition) is 1. The number of carbonyl (C=O) groups excluding carboxylic acids is 1. The van der Waals surface area contributed by atoms with Crippen LogP contribution in [0.3, 0.4) is 0 Å². The van der Waals surface area contributed by atoms with E-state index in [4.69, 9.17) is 0 Å². The van der Waals surface area contributed by atoms with Gasteiger partial charge >= 0.3 is 0 Å². The van der Waals surface area contributed by atoms with Crippen LogP contribution >= 0.6 is 0 Å². The predicted molar refractivity (Wildman–Crippen MR) is 51.1 cm³/mol. The summed E-state index contributed by atoms with van der Waals surface area (Å²) in [5.74, 6) is -0.208. The molecule has 1 fully saturated rings. The average Bonchev–Trinajstić information content (AvgIpc) is 2.26. The van der Waals surface area contributed by atoms with Crippen LogP contribution in [0.4, 0.5) is 0 Å². The van der Waals surface area contributed by atoms with Gasteiger partial charge in [-0.15, -0.1) is 0 Å². The number of amides is 1. The van der Waals surface area contributed by atoms with Crippen LogP contribution in [-0.2, 0) is 4.79 Å². The van der Waals surface area contributed by atoms with Crippen molar-refractivity contribution in [2.45, 2.75) is 12.1 Å². The van der Waals surface area contributed by atoms with Crippen LogP contribution in [0.25, 0.3) is 6.08 Å². The number of benzene rings is 1. The van der Waals surface area contributed by atoms with E-state index in [0.717, 1.165) is 11.1 Å². The van der Waals surface area contributed by atoms with E-state index >= 15 is 0 Å². The van der Waals surface area contributed by atoms with Crippen LogP contribution < -0.4 is 0 Å². The normalized spacial score (nSPS) is 28.1. The van der Waals surface area contributed by atoms with Crippen molar-refractivity contribution in [3.05, 3.63) is 41.6 Å². The molecule has 2 aliphatic heterocycles. The molecule has 3 nitrogen and oxygen atoms in total. The summed E-state index contributed by atoms with van der Waals surface area (Å²) >= 11 is 0. The van der Waals surface area contributed by atoms with E-state index in [0.29, 0.717) is 0 Å². The fourth-order valence-electron chi connectivity index (χ4n) is 2.07. The SMILES string of the molecule is O=C1[C@H](O)[C@@H]2c3ccccc3C=CN12. The van der Waals surface area contributed by atoms with Gasteiger partial charge in [0.1, 0.15) is 0 Å². The summed E-state index contributed by atoms with van der Waals surface area (Å²) in [6, 6.07) is 7.64. The topological polar surface area (TPSA) is 40.5 Å². The standard InChI is InChI=1S/C11H9NO2/c13-10-9-8-4-2-1-3-7(8)5-6-12(9)11(10)14/h1-6,9-10,13H/t9-,10+/m0/s1. The molecule has 0 bridgehead atoms. The first kappa shape index (κ1) is 7.76. The molecule has 1 aromatic rings. The molecular formula is C11H9NO2. The molecule has 0 saturated carbocycles. The van der Waals surface area contributed by atoms with Gasteiger partial charge in [-0.25, -0.2) is 0 Å². The maximum absolute atomic E-state index is 11.2. The molecular weight excluding hydrogens is 178 g/mol. The highest BCUT2D eigenvalue weighted by molar-refractivity contribution is 5.91. The summed E-state index contributed by atoms with van der Waals surface area (Å²) in [4.78, 5) is 12.8. The summed E-state index contributed by atoms with van der Waals surface area (Å²) in [5, 5.41) is 9.53. The van der Waals surface area contributed by atoms with Crippen LogP contribution in [0.1, 0.15) is 17.2 Å². The number of fused-ring (bicyclic) bond motifs is 3. The zero-order valence-corrected chi connectivity index (χ0v) is 7.42. The second kappa shape index (κ2) is 2.45. The van der Waals surface area contributed by atoms with Crippen molar-refractivity contribution >= 4 is 12.0 Å². The van der Waals surface area contributed by atoms with Gasteiger partial charge < -0.3 is 10.0 Å². The van der Waals surface area contributed by atoms with Crippen molar-refractivity contribution in [3.8, 4) is 0 Å². The number of β-lactam (4-membered cyclic amide) rings is 1. The van der Waals surface area contributed by atoms with E-state index in [1.165, 1.54) is 0 Å². The average molecular weight is 187 g/mol. The third-order valence-electron chi connectivity index (χ3n) is 2.84. The highest BCUT2D eigenvalue weighted by Crippen LogP contribution is 2.40. The number of rotatable bonds is 0. The predicted octanol–water partition coefficient (Wildman–Crippen LogP) is 0.915. The second-order valence-electron chi connectivity index (χ2n) is 3.58. The van der Waals surface area contributed by atoms with E-state index in [1.807, 2.05) is 30.3 Å². The fraction of sp³-hybridized carbons (Fsp3) is 0.182. The quantitative estimate of drug-likeness (QED) is 0.613. The minimum atomic E-state index is -0.860. The van der Waals surface area contributed by atoms with Gasteiger partial charge in [0, 0.05) is 6.20 Å². The Kier molecular flexibility index (Phi) is 1.36. The number of aliphatic hydroxyl groups is 1. The molecule has 0 spiro atoms. The number of aliphatic hydroxyl groups excluding tert-OH is 1. The number of carbonyl (C=O) groups is 1. The second-order valence-corrected chi connectivity index (χ2v) is 3.58. The molecule has 2 aliphatic rings. The monoisotopic (exact) mass is 187 g/mol. The first-order valence-corrected chi connectivity index (χ1v) is 4.56. The molecule has 0 unspecified atom stereocenters. The van der Waals surface area contributed by atoms with E-state index in [1.54, 1.807) is 11.1 Å². The molecule has 0 radical (unpaired) electrons. The van der Waals surface area contributed by atoms with Crippen molar-refractivity contribution in [3.63, 3.8) is 0 Å². The Balaban J connectivity index is 2.13. The minimum Gasteiger partial charge on any atom is -0.381 e. The third kappa shape index (κ3) is 0.775. The lowest BCUT2D eigenvalue weighted by Crippen LogP contribution is -2.56. The van der Waals surface area contributed by atoms with E-state index in [9.17, 15) is 9.90 Å². The lowest BCUT2D eigenvalue weighted by molar-refractivity contribution is -0.161. The van der Waals surface area contributed by atoms with Gasteiger partial charge in [-0.05, 0) is 17.2 Å². The molecule has 1 aromatic carbocycles. The summed E-state index contributed by atoms with van der Waals surface area (Å²) in [7, 11) is 0. The van der Waals surface area contributed by atoms with Crippen molar-refractivity contribution in [1.82, 2.24) is 4.90 Å². The highest BCUT2D eigenvalue weighted by atomic mass is 16.3. The largest absolute Gasteiger partial charge is 0.381 e. The Hall–Kier alpha value is -1.61. The summed E-state index contributed by atoms with van der Waals surface area (Å²) in [6.45, 7) is 0. The highest BCUT2D eigenvalue weighted by Gasteiger charge is 2.47. The Morgan fingerprint density at radius 2 is 2.07 bits per heavy atom. The van der Waals surface area contributed by atoms with Crippen molar-refractivity contribution < 1.29 is 9.90 Å². The van der Waals surface area contributed by atoms with Gasteiger partial charge in [-0.2, -0.15) is 0 Å².